The second-order valence-electron chi connectivity index (χ2n) is 7.99. The van der Waals surface area contributed by atoms with E-state index < -0.39 is 5.82 Å². The summed E-state index contributed by atoms with van der Waals surface area (Å²) in [7, 11) is 1.97. The third kappa shape index (κ3) is 4.59. The molecule has 10 heteroatoms. The smallest absolute Gasteiger partial charge is 0.319 e. The maximum Gasteiger partial charge on any atom is 0.319 e. The van der Waals surface area contributed by atoms with Gasteiger partial charge in [-0.05, 0) is 37.4 Å². The maximum atomic E-state index is 14.8. The molecule has 0 bridgehead atoms. The molecule has 1 fully saturated rings. The van der Waals surface area contributed by atoms with E-state index in [4.69, 9.17) is 4.74 Å². The summed E-state index contributed by atoms with van der Waals surface area (Å²) in [6.07, 6.45) is 3.84. The molecule has 1 aliphatic rings. The van der Waals surface area contributed by atoms with Gasteiger partial charge in [0.25, 0.3) is 0 Å². The lowest BCUT2D eigenvalue weighted by Crippen LogP contribution is -2.58. The van der Waals surface area contributed by atoms with E-state index in [1.54, 1.807) is 30.5 Å². The number of aldehydes is 1. The summed E-state index contributed by atoms with van der Waals surface area (Å²) in [4.78, 5) is 34.6. The largest absolute Gasteiger partial charge is 0.453 e. The Morgan fingerprint density at radius 2 is 2.03 bits per heavy atom. The van der Waals surface area contributed by atoms with Gasteiger partial charge in [0.2, 0.25) is 0 Å². The predicted molar refractivity (Wildman–Crippen MR) is 128 cm³/mol. The van der Waals surface area contributed by atoms with Gasteiger partial charge in [0.15, 0.2) is 17.9 Å². The molecule has 1 saturated heterocycles. The van der Waals surface area contributed by atoms with Crippen LogP contribution in [0.3, 0.4) is 0 Å². The van der Waals surface area contributed by atoms with E-state index in [1.807, 2.05) is 13.1 Å². The Morgan fingerprint density at radius 3 is 2.74 bits per heavy atom. The average molecular weight is 478 g/mol. The molecule has 5 rings (SSSR count). The summed E-state index contributed by atoms with van der Waals surface area (Å²) in [6.45, 7) is 1.58. The zero-order valence-corrected chi connectivity index (χ0v) is 18.9. The van der Waals surface area contributed by atoms with E-state index in [-0.39, 0.29) is 17.8 Å². The Kier molecular flexibility index (Phi) is 5.91. The van der Waals surface area contributed by atoms with Crippen LogP contribution < -0.4 is 15.4 Å². The number of halogens is 1. The molecule has 0 unspecified atom stereocenters. The van der Waals surface area contributed by atoms with E-state index in [9.17, 15) is 14.0 Å². The van der Waals surface area contributed by atoms with Crippen LogP contribution in [0.15, 0.2) is 54.9 Å². The summed E-state index contributed by atoms with van der Waals surface area (Å²) >= 11 is 1.41. The van der Waals surface area contributed by atoms with Crippen molar-refractivity contribution in [2.45, 2.75) is 6.04 Å². The third-order valence-electron chi connectivity index (χ3n) is 5.36. The molecule has 0 spiro atoms. The number of fused-ring (bicyclic) bond motifs is 1. The van der Waals surface area contributed by atoms with Gasteiger partial charge >= 0.3 is 6.03 Å². The molecule has 3 aromatic heterocycles. The lowest BCUT2D eigenvalue weighted by molar-refractivity contribution is 0.112. The Bertz CT molecular complexity index is 1370. The van der Waals surface area contributed by atoms with Gasteiger partial charge in [-0.2, -0.15) is 0 Å². The number of amides is 2. The summed E-state index contributed by atoms with van der Waals surface area (Å²) in [5.41, 5.74) is 2.22. The lowest BCUT2D eigenvalue weighted by atomic mass is 10.1. The van der Waals surface area contributed by atoms with E-state index in [2.05, 4.69) is 25.5 Å². The minimum atomic E-state index is -0.603. The number of hydrogen-bond donors (Lipinski definition) is 2. The molecule has 0 saturated carbocycles. The fraction of sp³-hybridized carbons (Fsp3) is 0.167. The highest BCUT2D eigenvalue weighted by atomic mass is 32.1. The van der Waals surface area contributed by atoms with Crippen LogP contribution >= 0.6 is 11.3 Å². The molecule has 1 aliphatic heterocycles. The summed E-state index contributed by atoms with van der Waals surface area (Å²) in [5.74, 6) is -0.117. The third-order valence-corrected chi connectivity index (χ3v) is 6.52. The number of ether oxygens (including phenoxy) is 1. The number of benzene rings is 1. The number of anilines is 1. The minimum Gasteiger partial charge on any atom is -0.453 e. The van der Waals surface area contributed by atoms with Gasteiger partial charge in [-0.1, -0.05) is 0 Å². The molecule has 2 N–H and O–H groups in total. The van der Waals surface area contributed by atoms with Crippen LogP contribution in [0.2, 0.25) is 0 Å². The number of rotatable bonds is 6. The number of carbonyl (C=O) groups excluding carboxylic acids is 2. The molecule has 0 radical (unpaired) electrons. The van der Waals surface area contributed by atoms with Crippen LogP contribution in [0.4, 0.5) is 14.9 Å². The fourth-order valence-electron chi connectivity index (χ4n) is 3.66. The first-order valence-corrected chi connectivity index (χ1v) is 11.3. The number of pyridine rings is 2. The molecule has 8 nitrogen and oxygen atoms in total. The van der Waals surface area contributed by atoms with Crippen molar-refractivity contribution >= 4 is 39.6 Å². The molecule has 1 aromatic carbocycles. The highest BCUT2D eigenvalue weighted by molar-refractivity contribution is 7.22. The summed E-state index contributed by atoms with van der Waals surface area (Å²) < 4.78 is 21.4. The van der Waals surface area contributed by atoms with Gasteiger partial charge in [-0.25, -0.2) is 9.18 Å². The van der Waals surface area contributed by atoms with Crippen molar-refractivity contribution in [3.63, 3.8) is 0 Å². The van der Waals surface area contributed by atoms with Crippen LogP contribution in [0.1, 0.15) is 10.4 Å². The standard InChI is InChI=1S/C24H20FN5O3S/c1-30-11-16(12-30)29-24(32)28-15-3-5-20(17(25)8-15)33-21-6-7-26-19-9-22(34-23(19)21)18-4-2-14(13-31)10-27-18/h2-10,13,16H,11-12H2,1H3,(H2,28,29,32). The van der Waals surface area contributed by atoms with Crippen molar-refractivity contribution in [1.29, 1.82) is 0 Å². The van der Waals surface area contributed by atoms with Crippen molar-refractivity contribution in [1.82, 2.24) is 20.2 Å². The minimum absolute atomic E-state index is 0.0301. The molecule has 4 aromatic rings. The summed E-state index contributed by atoms with van der Waals surface area (Å²) in [5, 5.41) is 5.48. The topological polar surface area (TPSA) is 96.5 Å². The normalized spacial score (nSPS) is 13.9. The van der Waals surface area contributed by atoms with Gasteiger partial charge in [-0.3, -0.25) is 14.8 Å². The van der Waals surface area contributed by atoms with Crippen LogP contribution in [0.5, 0.6) is 11.5 Å². The van der Waals surface area contributed by atoms with Gasteiger partial charge in [0.05, 0.1) is 26.8 Å². The van der Waals surface area contributed by atoms with Crippen LogP contribution in [0.25, 0.3) is 20.8 Å². The first-order chi connectivity index (χ1) is 16.5. The summed E-state index contributed by atoms with van der Waals surface area (Å²) in [6, 6.07) is 11.0. The highest BCUT2D eigenvalue weighted by Crippen LogP contribution is 2.39. The molecular formula is C24H20FN5O3S. The van der Waals surface area contributed by atoms with Crippen molar-refractivity contribution in [2.24, 2.45) is 0 Å². The van der Waals surface area contributed by atoms with Crippen LogP contribution in [0, 0.1) is 5.82 Å². The van der Waals surface area contributed by atoms with Crippen LogP contribution in [-0.2, 0) is 0 Å². The number of nitrogens with one attached hydrogen (secondary N) is 2. The molecule has 0 atom stereocenters. The van der Waals surface area contributed by atoms with Crippen molar-refractivity contribution in [3.8, 4) is 22.1 Å². The van der Waals surface area contributed by atoms with Gasteiger partial charge in [-0.15, -0.1) is 11.3 Å². The molecule has 34 heavy (non-hydrogen) atoms. The number of urea groups is 1. The van der Waals surface area contributed by atoms with Crippen LogP contribution in [-0.4, -0.2) is 53.4 Å². The van der Waals surface area contributed by atoms with Gasteiger partial charge < -0.3 is 20.3 Å². The first kappa shape index (κ1) is 21.9. The van der Waals surface area contributed by atoms with Crippen molar-refractivity contribution in [2.75, 3.05) is 25.5 Å². The highest BCUT2D eigenvalue weighted by Gasteiger charge is 2.24. The second-order valence-corrected chi connectivity index (χ2v) is 9.04. The predicted octanol–water partition coefficient (Wildman–Crippen LogP) is 4.54. The van der Waals surface area contributed by atoms with Gasteiger partial charge in [0, 0.05) is 48.9 Å². The Labute approximate surface area is 198 Å². The Balaban J connectivity index is 1.32. The quantitative estimate of drug-likeness (QED) is 0.396. The second kappa shape index (κ2) is 9.16. The molecule has 4 heterocycles. The SMILES string of the molecule is CN1CC(NC(=O)Nc2ccc(Oc3ccnc4cc(-c5ccc(C=O)cn5)sc34)c(F)c2)C1. The van der Waals surface area contributed by atoms with E-state index in [0.717, 1.165) is 29.0 Å². The number of likely N-dealkylation sites (N-methyl/N-ethyl adjacent to an activating group) is 1. The zero-order chi connectivity index (χ0) is 23.7. The number of likely N-dealkylation sites (tertiary alicyclic amines) is 1. The van der Waals surface area contributed by atoms with Crippen molar-refractivity contribution < 1.29 is 18.7 Å². The zero-order valence-electron chi connectivity index (χ0n) is 18.1. The molecule has 2 amide bonds. The van der Waals surface area contributed by atoms with Gasteiger partial charge in [0.1, 0.15) is 5.75 Å². The van der Waals surface area contributed by atoms with Crippen molar-refractivity contribution in [3.05, 3.63) is 66.2 Å². The number of nitrogens with zero attached hydrogens (tertiary/aromatic N) is 3. The Morgan fingerprint density at radius 1 is 1.18 bits per heavy atom. The lowest BCUT2D eigenvalue weighted by Gasteiger charge is -2.36. The molecule has 172 valence electrons. The Hall–Kier alpha value is -3.89. The molecule has 0 aliphatic carbocycles. The average Bonchev–Trinajstić information content (AvgIpc) is 3.25. The molecular weight excluding hydrogens is 457 g/mol. The maximum absolute atomic E-state index is 14.8. The number of aromatic nitrogens is 2. The number of thiophene rings is 1. The van der Waals surface area contributed by atoms with E-state index in [0.29, 0.717) is 28.2 Å². The van der Waals surface area contributed by atoms with E-state index >= 15 is 0 Å². The fourth-order valence-corrected chi connectivity index (χ4v) is 4.71. The van der Waals surface area contributed by atoms with E-state index in [1.165, 1.54) is 29.7 Å². The number of carbonyl (C=O) groups is 2. The first-order valence-electron chi connectivity index (χ1n) is 10.5. The number of hydrogen-bond acceptors (Lipinski definition) is 7. The monoisotopic (exact) mass is 477 g/mol.